The maximum Gasteiger partial charge on any atom is 0.282 e. The van der Waals surface area contributed by atoms with Crippen molar-refractivity contribution < 1.29 is 26.0 Å². The molecule has 2 aromatic carbocycles. The summed E-state index contributed by atoms with van der Waals surface area (Å²) in [6.07, 6.45) is 0.508. The predicted molar refractivity (Wildman–Crippen MR) is 123 cm³/mol. The van der Waals surface area contributed by atoms with Gasteiger partial charge in [0.05, 0.1) is 17.5 Å². The van der Waals surface area contributed by atoms with E-state index >= 15 is 0 Å². The zero-order valence-corrected chi connectivity index (χ0v) is 19.8. The molecule has 0 aliphatic carbocycles. The summed E-state index contributed by atoms with van der Waals surface area (Å²) in [5.41, 5.74) is 7.45. The third-order valence-electron chi connectivity index (χ3n) is 6.21. The number of rotatable bonds is 7. The first kappa shape index (κ1) is 24.1. The van der Waals surface area contributed by atoms with Gasteiger partial charge in [-0.3, -0.25) is 0 Å². The van der Waals surface area contributed by atoms with Crippen molar-refractivity contribution in [1.29, 1.82) is 0 Å². The van der Waals surface area contributed by atoms with E-state index in [0.717, 1.165) is 11.1 Å². The second kappa shape index (κ2) is 9.67. The number of nitrogens with zero attached hydrogens (tertiary/aromatic N) is 2. The van der Waals surface area contributed by atoms with E-state index in [1.54, 1.807) is 18.2 Å². The summed E-state index contributed by atoms with van der Waals surface area (Å²) in [6, 6.07) is 13.0. The first-order chi connectivity index (χ1) is 15.7. The Morgan fingerprint density at radius 3 is 2.45 bits per heavy atom. The smallest absolute Gasteiger partial charge is 0.282 e. The number of sulfone groups is 1. The minimum atomic E-state index is -3.90. The average Bonchev–Trinajstić information content (AvgIpc) is 3.23. The highest BCUT2D eigenvalue weighted by molar-refractivity contribution is 7.91. The Labute approximate surface area is 194 Å². The van der Waals surface area contributed by atoms with E-state index in [9.17, 15) is 21.2 Å². The SMILES string of the molecule is NCc1cccc(OC[C@H]2C[C@@H](c3ccc(F)cc3)CN2S(=O)(=O)N2CCS(=O)(=O)CC2)c1. The van der Waals surface area contributed by atoms with E-state index < -0.39 is 26.1 Å². The number of ether oxygens (including phenoxy) is 1. The van der Waals surface area contributed by atoms with Crippen LogP contribution < -0.4 is 10.5 Å². The molecule has 2 heterocycles. The number of halogens is 1. The fourth-order valence-corrected chi connectivity index (χ4v) is 7.59. The molecule has 2 aliphatic rings. The molecule has 2 atom stereocenters. The highest BCUT2D eigenvalue weighted by Gasteiger charge is 2.44. The van der Waals surface area contributed by atoms with Gasteiger partial charge in [0.1, 0.15) is 18.2 Å². The summed E-state index contributed by atoms with van der Waals surface area (Å²) >= 11 is 0. The van der Waals surface area contributed by atoms with Gasteiger partial charge in [-0.25, -0.2) is 12.8 Å². The first-order valence-corrected chi connectivity index (χ1v) is 14.0. The van der Waals surface area contributed by atoms with Crippen molar-refractivity contribution in [2.24, 2.45) is 5.73 Å². The average molecular weight is 498 g/mol. The third-order valence-corrected chi connectivity index (χ3v) is 9.87. The van der Waals surface area contributed by atoms with Crippen LogP contribution in [0.1, 0.15) is 23.5 Å². The Kier molecular flexibility index (Phi) is 7.06. The molecule has 2 aliphatic heterocycles. The standard InChI is InChI=1S/C22H28FN3O5S2/c23-20-6-4-18(5-7-20)19-13-21(16-31-22-3-1-2-17(12-22)14-24)26(15-19)33(29,30)25-8-10-32(27,28)11-9-25/h1-7,12,19,21H,8-11,13-16,24H2/t19-,21-/m1/s1. The van der Waals surface area contributed by atoms with Gasteiger partial charge in [-0.2, -0.15) is 17.0 Å². The van der Waals surface area contributed by atoms with Crippen LogP contribution in [-0.2, 0) is 26.6 Å². The summed E-state index contributed by atoms with van der Waals surface area (Å²) < 4.78 is 72.5. The fraction of sp³-hybridized carbons (Fsp3) is 0.455. The quantitative estimate of drug-likeness (QED) is 0.621. The molecule has 33 heavy (non-hydrogen) atoms. The molecule has 180 valence electrons. The van der Waals surface area contributed by atoms with Gasteiger partial charge in [0, 0.05) is 26.2 Å². The lowest BCUT2D eigenvalue weighted by Gasteiger charge is -2.32. The second-order valence-electron chi connectivity index (χ2n) is 8.43. The van der Waals surface area contributed by atoms with Crippen LogP contribution >= 0.6 is 0 Å². The van der Waals surface area contributed by atoms with Gasteiger partial charge >= 0.3 is 0 Å². The number of hydrogen-bond donors (Lipinski definition) is 1. The Bertz CT molecular complexity index is 1170. The normalized spacial score (nSPS) is 24.1. The highest BCUT2D eigenvalue weighted by atomic mass is 32.2. The van der Waals surface area contributed by atoms with E-state index in [1.165, 1.54) is 20.7 Å². The topological polar surface area (TPSA) is 110 Å². The molecule has 2 N–H and O–H groups in total. The molecular weight excluding hydrogens is 469 g/mol. The molecule has 4 rings (SSSR count). The molecular formula is C22H28FN3O5S2. The van der Waals surface area contributed by atoms with Gasteiger partial charge in [-0.05, 0) is 47.7 Å². The van der Waals surface area contributed by atoms with Crippen LogP contribution in [0.15, 0.2) is 48.5 Å². The van der Waals surface area contributed by atoms with Gasteiger partial charge < -0.3 is 10.5 Å². The number of hydrogen-bond acceptors (Lipinski definition) is 6. The number of nitrogens with two attached hydrogens (primary N) is 1. The molecule has 0 unspecified atom stereocenters. The lowest BCUT2D eigenvalue weighted by molar-refractivity contribution is 0.224. The molecule has 0 amide bonds. The minimum Gasteiger partial charge on any atom is -0.492 e. The second-order valence-corrected chi connectivity index (χ2v) is 12.6. The summed E-state index contributed by atoms with van der Waals surface area (Å²) in [5.74, 6) is -0.249. The molecule has 0 bridgehead atoms. The van der Waals surface area contributed by atoms with Crippen LogP contribution in [-0.4, -0.2) is 69.2 Å². The maximum absolute atomic E-state index is 13.5. The highest BCUT2D eigenvalue weighted by Crippen LogP contribution is 2.35. The van der Waals surface area contributed by atoms with Crippen molar-refractivity contribution in [3.63, 3.8) is 0 Å². The van der Waals surface area contributed by atoms with Crippen molar-refractivity contribution >= 4 is 20.0 Å². The van der Waals surface area contributed by atoms with E-state index in [1.807, 2.05) is 18.2 Å². The Hall–Kier alpha value is -2.05. The van der Waals surface area contributed by atoms with Crippen LogP contribution in [0.3, 0.4) is 0 Å². The summed E-state index contributed by atoms with van der Waals surface area (Å²) in [7, 11) is -7.12. The molecule has 8 nitrogen and oxygen atoms in total. The largest absolute Gasteiger partial charge is 0.492 e. The zero-order chi connectivity index (χ0) is 23.6. The monoisotopic (exact) mass is 497 g/mol. The lowest BCUT2D eigenvalue weighted by atomic mass is 9.96. The predicted octanol–water partition coefficient (Wildman–Crippen LogP) is 1.50. The van der Waals surface area contributed by atoms with Gasteiger partial charge in [0.15, 0.2) is 9.84 Å². The minimum absolute atomic E-state index is 0.0610. The molecule has 11 heteroatoms. The van der Waals surface area contributed by atoms with E-state index in [-0.39, 0.29) is 49.5 Å². The summed E-state index contributed by atoms with van der Waals surface area (Å²) in [4.78, 5) is 0. The Morgan fingerprint density at radius 2 is 1.79 bits per heavy atom. The van der Waals surface area contributed by atoms with Crippen molar-refractivity contribution in [2.45, 2.75) is 24.9 Å². The Morgan fingerprint density at radius 1 is 1.09 bits per heavy atom. The molecule has 0 saturated carbocycles. The van der Waals surface area contributed by atoms with Crippen LogP contribution in [0, 0.1) is 5.82 Å². The summed E-state index contributed by atoms with van der Waals surface area (Å²) in [5, 5.41) is 0. The van der Waals surface area contributed by atoms with Crippen molar-refractivity contribution in [3.8, 4) is 5.75 Å². The third kappa shape index (κ3) is 5.55. The van der Waals surface area contributed by atoms with Gasteiger partial charge in [0.25, 0.3) is 10.2 Å². The zero-order valence-electron chi connectivity index (χ0n) is 18.1. The van der Waals surface area contributed by atoms with Gasteiger partial charge in [-0.1, -0.05) is 24.3 Å². The van der Waals surface area contributed by atoms with Crippen molar-refractivity contribution in [3.05, 3.63) is 65.5 Å². The van der Waals surface area contributed by atoms with Crippen LogP contribution in [0.4, 0.5) is 4.39 Å². The van der Waals surface area contributed by atoms with Gasteiger partial charge in [0.2, 0.25) is 0 Å². The van der Waals surface area contributed by atoms with E-state index in [2.05, 4.69) is 0 Å². The summed E-state index contributed by atoms with van der Waals surface area (Å²) in [6.45, 7) is 0.597. The maximum atomic E-state index is 13.5. The first-order valence-electron chi connectivity index (χ1n) is 10.8. The molecule has 2 fully saturated rings. The van der Waals surface area contributed by atoms with E-state index in [4.69, 9.17) is 10.5 Å². The fourth-order valence-electron chi connectivity index (χ4n) is 4.33. The number of benzene rings is 2. The lowest BCUT2D eigenvalue weighted by Crippen LogP contribution is -2.52. The van der Waals surface area contributed by atoms with Crippen molar-refractivity contribution in [1.82, 2.24) is 8.61 Å². The molecule has 2 aromatic rings. The van der Waals surface area contributed by atoms with Crippen LogP contribution in [0.2, 0.25) is 0 Å². The molecule has 0 spiro atoms. The van der Waals surface area contributed by atoms with Gasteiger partial charge in [-0.15, -0.1) is 0 Å². The van der Waals surface area contributed by atoms with Crippen molar-refractivity contribution in [2.75, 3.05) is 37.7 Å². The van der Waals surface area contributed by atoms with Crippen LogP contribution in [0.25, 0.3) is 0 Å². The molecule has 0 aromatic heterocycles. The van der Waals surface area contributed by atoms with Crippen LogP contribution in [0.5, 0.6) is 5.75 Å². The molecule has 2 saturated heterocycles. The van der Waals surface area contributed by atoms with E-state index in [0.29, 0.717) is 18.7 Å². The Balaban J connectivity index is 1.55. The molecule has 0 radical (unpaired) electrons.